The first kappa shape index (κ1) is 27.0. The molecule has 0 radical (unpaired) electrons. The maximum Gasteiger partial charge on any atom is 0.329 e. The maximum atomic E-state index is 12.9. The van der Waals surface area contributed by atoms with E-state index in [1.165, 1.54) is 16.2 Å². The van der Waals surface area contributed by atoms with E-state index in [1.807, 2.05) is 73.7 Å². The highest BCUT2D eigenvalue weighted by Crippen LogP contribution is 2.39. The van der Waals surface area contributed by atoms with E-state index in [1.54, 1.807) is 4.57 Å². The van der Waals surface area contributed by atoms with E-state index in [0.29, 0.717) is 17.7 Å². The molecule has 12 heteroatoms. The first-order chi connectivity index (χ1) is 20.4. The van der Waals surface area contributed by atoms with E-state index < -0.39 is 17.4 Å². The van der Waals surface area contributed by atoms with Crippen LogP contribution in [-0.4, -0.2) is 46.6 Å². The SMILES string of the molecule is CCCn1c(O)c(N=Nc2nc3c(c(=O)[nH]c(=O)n3C)n2C[C@H](O)COc2ccc3ccccc3c2)c2ccccc21. The molecule has 0 spiro atoms. The predicted molar refractivity (Wildman–Crippen MR) is 159 cm³/mol. The fourth-order valence-electron chi connectivity index (χ4n) is 5.10. The normalized spacial score (nSPS) is 12.6. The van der Waals surface area contributed by atoms with Gasteiger partial charge in [-0.05, 0) is 35.4 Å². The minimum absolute atomic E-state index is 0.0202. The first-order valence-corrected chi connectivity index (χ1v) is 13.6. The molecule has 0 bridgehead atoms. The second kappa shape index (κ2) is 11.0. The van der Waals surface area contributed by atoms with Crippen molar-refractivity contribution < 1.29 is 14.9 Å². The Labute approximate surface area is 238 Å². The first-order valence-electron chi connectivity index (χ1n) is 13.6. The zero-order valence-corrected chi connectivity index (χ0v) is 23.1. The molecule has 42 heavy (non-hydrogen) atoms. The van der Waals surface area contributed by atoms with Crippen molar-refractivity contribution in [3.8, 4) is 11.6 Å². The summed E-state index contributed by atoms with van der Waals surface area (Å²) in [6.07, 6.45) is -0.270. The van der Waals surface area contributed by atoms with Crippen LogP contribution < -0.4 is 16.0 Å². The van der Waals surface area contributed by atoms with Gasteiger partial charge in [-0.25, -0.2) is 4.79 Å². The van der Waals surface area contributed by atoms with Crippen molar-refractivity contribution >= 4 is 44.5 Å². The fourth-order valence-corrected chi connectivity index (χ4v) is 5.10. The molecule has 0 aliphatic rings. The lowest BCUT2D eigenvalue weighted by Crippen LogP contribution is -2.30. The van der Waals surface area contributed by atoms with E-state index in [-0.39, 0.29) is 41.8 Å². The van der Waals surface area contributed by atoms with Crippen molar-refractivity contribution in [1.29, 1.82) is 0 Å². The lowest BCUT2D eigenvalue weighted by atomic mass is 10.1. The van der Waals surface area contributed by atoms with Gasteiger partial charge in [0.25, 0.3) is 11.5 Å². The average Bonchev–Trinajstić information content (AvgIpc) is 3.48. The lowest BCUT2D eigenvalue weighted by molar-refractivity contribution is 0.0938. The van der Waals surface area contributed by atoms with Crippen molar-refractivity contribution in [2.75, 3.05) is 6.61 Å². The van der Waals surface area contributed by atoms with Crippen molar-refractivity contribution in [3.05, 3.63) is 87.6 Å². The number of aromatic nitrogens is 5. The van der Waals surface area contributed by atoms with Crippen LogP contribution in [0.4, 0.5) is 11.6 Å². The van der Waals surface area contributed by atoms with E-state index >= 15 is 0 Å². The molecule has 0 amide bonds. The van der Waals surface area contributed by atoms with Crippen LogP contribution in [0.25, 0.3) is 32.8 Å². The van der Waals surface area contributed by atoms with Crippen LogP contribution in [0.5, 0.6) is 11.6 Å². The van der Waals surface area contributed by atoms with Gasteiger partial charge in [0.1, 0.15) is 18.5 Å². The summed E-state index contributed by atoms with van der Waals surface area (Å²) in [5.74, 6) is 0.522. The fraction of sp³-hybridized carbons (Fsp3) is 0.233. The number of para-hydroxylation sites is 1. The van der Waals surface area contributed by atoms with E-state index in [4.69, 9.17) is 4.74 Å². The van der Waals surface area contributed by atoms with Crippen LogP contribution in [0.15, 0.2) is 86.5 Å². The summed E-state index contributed by atoms with van der Waals surface area (Å²) in [5, 5.41) is 33.3. The number of hydrogen-bond donors (Lipinski definition) is 3. The monoisotopic (exact) mass is 567 g/mol. The lowest BCUT2D eigenvalue weighted by Gasteiger charge is -2.14. The number of aryl methyl sites for hydroxylation is 2. The molecule has 3 aromatic heterocycles. The quantitative estimate of drug-likeness (QED) is 0.219. The Balaban J connectivity index is 1.36. The molecule has 6 aromatic rings. The molecule has 0 saturated heterocycles. The standard InChI is InChI=1S/C30H29N7O5/c1-3-14-36-23-11-7-6-10-22(23)24(28(36)40)33-34-29-31-26-25(27(39)32-30(41)35(26)2)37(29)16-20(38)17-42-21-13-12-18-8-4-5-9-19(18)15-21/h4-13,15,20,38,40H,3,14,16-17H2,1-2H3,(H,32,39,41)/t20-/m0/s1. The van der Waals surface area contributed by atoms with Crippen molar-refractivity contribution in [3.63, 3.8) is 0 Å². The summed E-state index contributed by atoms with van der Waals surface area (Å²) < 4.78 is 10.2. The molecule has 0 aliphatic heterocycles. The van der Waals surface area contributed by atoms with Crippen LogP contribution in [0.3, 0.4) is 0 Å². The smallest absolute Gasteiger partial charge is 0.329 e. The van der Waals surface area contributed by atoms with Gasteiger partial charge in [-0.3, -0.25) is 18.9 Å². The van der Waals surface area contributed by atoms with Gasteiger partial charge < -0.3 is 19.5 Å². The van der Waals surface area contributed by atoms with E-state index in [0.717, 1.165) is 22.7 Å². The number of benzene rings is 3. The van der Waals surface area contributed by atoms with Gasteiger partial charge in [0.2, 0.25) is 5.88 Å². The molecular formula is C30H29N7O5. The van der Waals surface area contributed by atoms with Crippen molar-refractivity contribution in [1.82, 2.24) is 23.7 Å². The number of aromatic hydroxyl groups is 1. The highest BCUT2D eigenvalue weighted by atomic mass is 16.5. The molecule has 12 nitrogen and oxygen atoms in total. The molecule has 3 aromatic carbocycles. The topological polar surface area (TPSA) is 152 Å². The van der Waals surface area contributed by atoms with Crippen LogP contribution in [-0.2, 0) is 20.1 Å². The highest BCUT2D eigenvalue weighted by Gasteiger charge is 2.21. The molecule has 0 aliphatic carbocycles. The Morgan fingerprint density at radius 1 is 1.00 bits per heavy atom. The number of aromatic amines is 1. The second-order valence-corrected chi connectivity index (χ2v) is 10.0. The number of aliphatic hydroxyl groups excluding tert-OH is 1. The number of nitrogens with zero attached hydrogens (tertiary/aromatic N) is 6. The number of hydrogen-bond acceptors (Lipinski definition) is 8. The van der Waals surface area contributed by atoms with Gasteiger partial charge in [-0.15, -0.1) is 10.2 Å². The number of imidazole rings is 1. The van der Waals surface area contributed by atoms with Crippen LogP contribution in [0.1, 0.15) is 13.3 Å². The average molecular weight is 568 g/mol. The summed E-state index contributed by atoms with van der Waals surface area (Å²) in [5.41, 5.74) is -0.125. The van der Waals surface area contributed by atoms with Crippen LogP contribution in [0, 0.1) is 0 Å². The summed E-state index contributed by atoms with van der Waals surface area (Å²) in [6, 6.07) is 21.0. The zero-order chi connectivity index (χ0) is 29.4. The number of ether oxygens (including phenoxy) is 1. The zero-order valence-electron chi connectivity index (χ0n) is 23.1. The number of aliphatic hydroxyl groups is 1. The summed E-state index contributed by atoms with van der Waals surface area (Å²) in [7, 11) is 1.47. The van der Waals surface area contributed by atoms with Crippen LogP contribution >= 0.6 is 0 Å². The minimum atomic E-state index is -1.07. The highest BCUT2D eigenvalue weighted by molar-refractivity contribution is 5.95. The summed E-state index contributed by atoms with van der Waals surface area (Å²) >= 11 is 0. The van der Waals surface area contributed by atoms with Gasteiger partial charge in [-0.1, -0.05) is 55.5 Å². The number of nitrogens with one attached hydrogen (secondary N) is 1. The third-order valence-corrected chi connectivity index (χ3v) is 7.15. The number of H-pyrrole nitrogens is 1. The second-order valence-electron chi connectivity index (χ2n) is 10.0. The largest absolute Gasteiger partial charge is 0.493 e. The minimum Gasteiger partial charge on any atom is -0.493 e. The van der Waals surface area contributed by atoms with Gasteiger partial charge in [-0.2, -0.15) is 4.98 Å². The molecule has 6 rings (SSSR count). The molecule has 0 saturated carbocycles. The Kier molecular flexibility index (Phi) is 7.05. The van der Waals surface area contributed by atoms with Crippen molar-refractivity contribution in [2.24, 2.45) is 17.3 Å². The Hall–Kier alpha value is -5.23. The molecule has 1 atom stereocenters. The molecule has 0 fully saturated rings. The third kappa shape index (κ3) is 4.81. The third-order valence-electron chi connectivity index (χ3n) is 7.15. The van der Waals surface area contributed by atoms with Gasteiger partial charge in [0.05, 0.1) is 12.1 Å². The molecule has 0 unspecified atom stereocenters. The van der Waals surface area contributed by atoms with Gasteiger partial charge >= 0.3 is 5.69 Å². The Morgan fingerprint density at radius 3 is 2.57 bits per heavy atom. The molecule has 3 heterocycles. The van der Waals surface area contributed by atoms with Crippen molar-refractivity contribution in [2.45, 2.75) is 32.5 Å². The Bertz CT molecular complexity index is 2090. The van der Waals surface area contributed by atoms with Gasteiger partial charge in [0.15, 0.2) is 16.9 Å². The van der Waals surface area contributed by atoms with Gasteiger partial charge in [0, 0.05) is 19.0 Å². The number of azo groups is 1. The molecule has 214 valence electrons. The van der Waals surface area contributed by atoms with Crippen LogP contribution in [0.2, 0.25) is 0 Å². The summed E-state index contributed by atoms with van der Waals surface area (Å²) in [4.78, 5) is 31.9. The molecule has 3 N–H and O–H groups in total. The Morgan fingerprint density at radius 2 is 1.76 bits per heavy atom. The predicted octanol–water partition coefficient (Wildman–Crippen LogP) is 4.50. The molecular weight excluding hydrogens is 538 g/mol. The van der Waals surface area contributed by atoms with E-state index in [2.05, 4.69) is 20.2 Å². The number of fused-ring (bicyclic) bond motifs is 3. The maximum absolute atomic E-state index is 12.9. The van der Waals surface area contributed by atoms with E-state index in [9.17, 15) is 19.8 Å². The summed E-state index contributed by atoms with van der Waals surface area (Å²) in [6.45, 7) is 2.39. The number of rotatable bonds is 9.